The van der Waals surface area contributed by atoms with Crippen molar-refractivity contribution in [2.45, 2.75) is 19.3 Å². The number of nitrogens with two attached hydrogens (primary N) is 1. The highest BCUT2D eigenvalue weighted by molar-refractivity contribution is 9.10. The maximum atomic E-state index is 5.53. The molecule has 14 heavy (non-hydrogen) atoms. The number of ether oxygens (including phenoxy) is 1. The van der Waals surface area contributed by atoms with E-state index in [9.17, 15) is 0 Å². The first-order valence-corrected chi connectivity index (χ1v) is 5.51. The first-order valence-electron chi connectivity index (χ1n) is 4.72. The molecule has 0 spiro atoms. The molecule has 0 aliphatic carbocycles. The Morgan fingerprint density at radius 3 is 2.79 bits per heavy atom. The van der Waals surface area contributed by atoms with Gasteiger partial charge in [0.25, 0.3) is 0 Å². The van der Waals surface area contributed by atoms with Gasteiger partial charge in [-0.2, -0.15) is 0 Å². The van der Waals surface area contributed by atoms with Crippen molar-refractivity contribution in [3.8, 4) is 5.75 Å². The van der Waals surface area contributed by atoms with Gasteiger partial charge in [-0.05, 0) is 52.5 Å². The predicted octanol–water partition coefficient (Wildman–Crippen LogP) is 2.91. The SMILES string of the molecule is COc1cc(C(C)CCN)ccc1Br. The van der Waals surface area contributed by atoms with Gasteiger partial charge in [0, 0.05) is 0 Å². The lowest BCUT2D eigenvalue weighted by atomic mass is 9.98. The quantitative estimate of drug-likeness (QED) is 0.901. The molecule has 1 unspecified atom stereocenters. The molecule has 0 saturated heterocycles. The highest BCUT2D eigenvalue weighted by atomic mass is 79.9. The van der Waals surface area contributed by atoms with Gasteiger partial charge in [0.2, 0.25) is 0 Å². The van der Waals surface area contributed by atoms with Crippen molar-refractivity contribution in [1.29, 1.82) is 0 Å². The number of halogens is 1. The fraction of sp³-hybridized carbons (Fsp3) is 0.455. The number of hydrogen-bond acceptors (Lipinski definition) is 2. The molecule has 0 aliphatic rings. The van der Waals surface area contributed by atoms with Crippen molar-refractivity contribution in [2.24, 2.45) is 5.73 Å². The zero-order valence-corrected chi connectivity index (χ0v) is 10.2. The minimum atomic E-state index is 0.488. The van der Waals surface area contributed by atoms with Crippen molar-refractivity contribution < 1.29 is 4.74 Å². The summed E-state index contributed by atoms with van der Waals surface area (Å²) in [6.45, 7) is 2.90. The predicted molar refractivity (Wildman–Crippen MR) is 62.8 cm³/mol. The van der Waals surface area contributed by atoms with Gasteiger partial charge in [-0.15, -0.1) is 0 Å². The summed E-state index contributed by atoms with van der Waals surface area (Å²) in [6, 6.07) is 6.18. The number of methoxy groups -OCH3 is 1. The molecule has 1 rings (SSSR count). The Morgan fingerprint density at radius 1 is 1.50 bits per heavy atom. The van der Waals surface area contributed by atoms with E-state index in [-0.39, 0.29) is 0 Å². The molecule has 1 aromatic rings. The summed E-state index contributed by atoms with van der Waals surface area (Å²) >= 11 is 3.43. The van der Waals surface area contributed by atoms with E-state index in [0.29, 0.717) is 5.92 Å². The van der Waals surface area contributed by atoms with E-state index in [1.54, 1.807) is 7.11 Å². The van der Waals surface area contributed by atoms with Gasteiger partial charge in [-0.1, -0.05) is 13.0 Å². The zero-order valence-electron chi connectivity index (χ0n) is 8.59. The van der Waals surface area contributed by atoms with E-state index in [4.69, 9.17) is 10.5 Å². The third kappa shape index (κ3) is 2.72. The molecule has 0 fully saturated rings. The van der Waals surface area contributed by atoms with Crippen molar-refractivity contribution >= 4 is 15.9 Å². The van der Waals surface area contributed by atoms with Crippen molar-refractivity contribution in [3.63, 3.8) is 0 Å². The number of benzene rings is 1. The molecular weight excluding hydrogens is 242 g/mol. The third-order valence-electron chi connectivity index (χ3n) is 2.34. The molecule has 3 heteroatoms. The Bertz CT molecular complexity index is 301. The van der Waals surface area contributed by atoms with E-state index >= 15 is 0 Å². The van der Waals surface area contributed by atoms with Crippen LogP contribution in [0.15, 0.2) is 22.7 Å². The Hall–Kier alpha value is -0.540. The molecule has 2 nitrogen and oxygen atoms in total. The van der Waals surface area contributed by atoms with Crippen LogP contribution in [0, 0.1) is 0 Å². The summed E-state index contributed by atoms with van der Waals surface area (Å²) in [5, 5.41) is 0. The van der Waals surface area contributed by atoms with E-state index in [0.717, 1.165) is 23.2 Å². The normalized spacial score (nSPS) is 12.6. The molecule has 1 aromatic carbocycles. The van der Waals surface area contributed by atoms with Crippen LogP contribution in [0.2, 0.25) is 0 Å². The minimum absolute atomic E-state index is 0.488. The van der Waals surface area contributed by atoms with Crippen molar-refractivity contribution in [1.82, 2.24) is 0 Å². The lowest BCUT2D eigenvalue weighted by Gasteiger charge is -2.12. The van der Waals surface area contributed by atoms with Gasteiger partial charge >= 0.3 is 0 Å². The molecular formula is C11H16BrNO. The van der Waals surface area contributed by atoms with E-state index in [1.807, 2.05) is 6.07 Å². The first-order chi connectivity index (χ1) is 6.69. The lowest BCUT2D eigenvalue weighted by Crippen LogP contribution is -2.04. The van der Waals surface area contributed by atoms with Gasteiger partial charge in [-0.3, -0.25) is 0 Å². The molecule has 0 aliphatic heterocycles. The molecule has 0 saturated carbocycles. The van der Waals surface area contributed by atoms with E-state index < -0.39 is 0 Å². The molecule has 0 radical (unpaired) electrons. The summed E-state index contributed by atoms with van der Waals surface area (Å²) in [4.78, 5) is 0. The summed E-state index contributed by atoms with van der Waals surface area (Å²) in [5.41, 5.74) is 6.80. The van der Waals surface area contributed by atoms with E-state index in [1.165, 1.54) is 5.56 Å². The fourth-order valence-corrected chi connectivity index (χ4v) is 1.81. The topological polar surface area (TPSA) is 35.2 Å². The van der Waals surface area contributed by atoms with Gasteiger partial charge < -0.3 is 10.5 Å². The summed E-state index contributed by atoms with van der Waals surface area (Å²) in [7, 11) is 1.68. The maximum absolute atomic E-state index is 5.53. The Balaban J connectivity index is 2.88. The molecule has 0 amide bonds. The number of rotatable bonds is 4. The molecule has 1 atom stereocenters. The second kappa shape index (κ2) is 5.37. The highest BCUT2D eigenvalue weighted by Crippen LogP contribution is 2.29. The van der Waals surface area contributed by atoms with Crippen LogP contribution in [-0.2, 0) is 0 Å². The van der Waals surface area contributed by atoms with Gasteiger partial charge in [-0.25, -0.2) is 0 Å². The van der Waals surface area contributed by atoms with Crippen LogP contribution in [0.1, 0.15) is 24.8 Å². The van der Waals surface area contributed by atoms with E-state index in [2.05, 4.69) is 35.0 Å². The monoisotopic (exact) mass is 257 g/mol. The van der Waals surface area contributed by atoms with Crippen molar-refractivity contribution in [2.75, 3.05) is 13.7 Å². The Morgan fingerprint density at radius 2 is 2.21 bits per heavy atom. The fourth-order valence-electron chi connectivity index (χ4n) is 1.40. The van der Waals surface area contributed by atoms with Gasteiger partial charge in [0.15, 0.2) is 0 Å². The Kier molecular flexibility index (Phi) is 4.42. The van der Waals surface area contributed by atoms with Crippen LogP contribution in [0.5, 0.6) is 5.75 Å². The lowest BCUT2D eigenvalue weighted by molar-refractivity contribution is 0.411. The van der Waals surface area contributed by atoms with Crippen LogP contribution in [0.25, 0.3) is 0 Å². The smallest absolute Gasteiger partial charge is 0.133 e. The molecule has 78 valence electrons. The number of hydrogen-bond donors (Lipinski definition) is 1. The largest absolute Gasteiger partial charge is 0.496 e. The molecule has 0 aromatic heterocycles. The summed E-state index contributed by atoms with van der Waals surface area (Å²) in [5.74, 6) is 1.37. The Labute approximate surface area is 93.6 Å². The molecule has 2 N–H and O–H groups in total. The highest BCUT2D eigenvalue weighted by Gasteiger charge is 2.07. The minimum Gasteiger partial charge on any atom is -0.496 e. The van der Waals surface area contributed by atoms with Crippen LogP contribution in [-0.4, -0.2) is 13.7 Å². The summed E-state index contributed by atoms with van der Waals surface area (Å²) < 4.78 is 6.23. The standard InChI is InChI=1S/C11H16BrNO/c1-8(5-6-13)9-3-4-10(12)11(7-9)14-2/h3-4,7-8H,5-6,13H2,1-2H3. The second-order valence-electron chi connectivity index (χ2n) is 3.37. The van der Waals surface area contributed by atoms with Crippen LogP contribution in [0.4, 0.5) is 0 Å². The molecule has 0 bridgehead atoms. The van der Waals surface area contributed by atoms with Crippen molar-refractivity contribution in [3.05, 3.63) is 28.2 Å². The maximum Gasteiger partial charge on any atom is 0.133 e. The second-order valence-corrected chi connectivity index (χ2v) is 4.23. The van der Waals surface area contributed by atoms with Crippen LogP contribution < -0.4 is 10.5 Å². The zero-order chi connectivity index (χ0) is 10.6. The average molecular weight is 258 g/mol. The van der Waals surface area contributed by atoms with Gasteiger partial charge in [0.05, 0.1) is 11.6 Å². The third-order valence-corrected chi connectivity index (χ3v) is 3.00. The average Bonchev–Trinajstić information content (AvgIpc) is 2.19. The summed E-state index contributed by atoms with van der Waals surface area (Å²) in [6.07, 6.45) is 1.00. The van der Waals surface area contributed by atoms with Crippen LogP contribution in [0.3, 0.4) is 0 Å². The van der Waals surface area contributed by atoms with Gasteiger partial charge in [0.1, 0.15) is 5.75 Å². The first kappa shape index (κ1) is 11.5. The molecule has 0 heterocycles. The van der Waals surface area contributed by atoms with Crippen LogP contribution >= 0.6 is 15.9 Å².